The predicted molar refractivity (Wildman–Crippen MR) is 147 cm³/mol. The third-order valence-corrected chi connectivity index (χ3v) is 7.32. The van der Waals surface area contributed by atoms with Crippen LogP contribution in [0.25, 0.3) is 6.08 Å². The second-order valence-electron chi connectivity index (χ2n) is 9.96. The molecule has 2 saturated heterocycles. The molecule has 4 heterocycles. The lowest BCUT2D eigenvalue weighted by molar-refractivity contribution is 0.451. The number of benzene rings is 1. The van der Waals surface area contributed by atoms with Gasteiger partial charge in [0.25, 0.3) is 0 Å². The summed E-state index contributed by atoms with van der Waals surface area (Å²) in [6.07, 6.45) is 15.6. The second-order valence-corrected chi connectivity index (χ2v) is 9.96. The van der Waals surface area contributed by atoms with Crippen molar-refractivity contribution in [1.29, 1.82) is 0 Å². The molecule has 5 heteroatoms. The van der Waals surface area contributed by atoms with Gasteiger partial charge in [-0.2, -0.15) is 5.10 Å². The van der Waals surface area contributed by atoms with E-state index in [9.17, 15) is 0 Å². The number of hydrogen-bond donors (Lipinski definition) is 1. The Morgan fingerprint density at radius 1 is 1.20 bits per heavy atom. The summed E-state index contributed by atoms with van der Waals surface area (Å²) in [6, 6.07) is 4.83. The van der Waals surface area contributed by atoms with Crippen LogP contribution in [0, 0.1) is 18.7 Å². The van der Waals surface area contributed by atoms with Gasteiger partial charge in [0.05, 0.1) is 5.71 Å². The minimum Gasteiger partial charge on any atom is -0.311 e. The summed E-state index contributed by atoms with van der Waals surface area (Å²) < 4.78 is 15.5. The Morgan fingerprint density at radius 2 is 1.97 bits per heavy atom. The molecule has 2 unspecified atom stereocenters. The normalized spacial score (nSPS) is 25.9. The molecule has 35 heavy (non-hydrogen) atoms. The first-order valence-electron chi connectivity index (χ1n) is 12.4. The molecule has 186 valence electrons. The van der Waals surface area contributed by atoms with Crippen LogP contribution in [0.3, 0.4) is 0 Å². The van der Waals surface area contributed by atoms with Crippen molar-refractivity contribution in [2.75, 3.05) is 0 Å². The number of fused-ring (bicyclic) bond motifs is 3. The van der Waals surface area contributed by atoms with Crippen molar-refractivity contribution in [1.82, 2.24) is 10.3 Å². The first kappa shape index (κ1) is 25.1. The molecule has 5 rings (SSSR count). The molecule has 3 atom stereocenters. The molecule has 4 aliphatic heterocycles. The fraction of sp³-hybridized carbons (Fsp3) is 0.433. The molecule has 4 aliphatic rings. The van der Waals surface area contributed by atoms with Crippen molar-refractivity contribution in [2.45, 2.75) is 79.3 Å². The summed E-state index contributed by atoms with van der Waals surface area (Å²) in [5.41, 5.74) is 10.4. The first-order valence-corrected chi connectivity index (χ1v) is 12.4. The van der Waals surface area contributed by atoms with Crippen molar-refractivity contribution < 1.29 is 5.82 Å². The second kappa shape index (κ2) is 10.3. The molecular formula is C30H39FN4. The fourth-order valence-corrected chi connectivity index (χ4v) is 5.57. The number of hydrazone groups is 1. The Morgan fingerprint density at radius 3 is 2.74 bits per heavy atom. The highest BCUT2D eigenvalue weighted by Crippen LogP contribution is 2.35. The van der Waals surface area contributed by atoms with Crippen LogP contribution in [0.2, 0.25) is 0 Å². The van der Waals surface area contributed by atoms with Gasteiger partial charge >= 0.3 is 0 Å². The van der Waals surface area contributed by atoms with Gasteiger partial charge in [-0.25, -0.2) is 9.40 Å². The maximum atomic E-state index is 15.5. The zero-order valence-corrected chi connectivity index (χ0v) is 20.5. The van der Waals surface area contributed by atoms with Crippen LogP contribution in [0.15, 0.2) is 68.9 Å². The lowest BCUT2D eigenvalue weighted by atomic mass is 9.87. The molecule has 0 radical (unpaired) electrons. The average Bonchev–Trinajstić information content (AvgIpc) is 3.13. The van der Waals surface area contributed by atoms with E-state index in [1.54, 1.807) is 6.07 Å². The third-order valence-electron chi connectivity index (χ3n) is 7.32. The van der Waals surface area contributed by atoms with Crippen molar-refractivity contribution in [3.63, 3.8) is 0 Å². The van der Waals surface area contributed by atoms with Gasteiger partial charge in [-0.05, 0) is 107 Å². The summed E-state index contributed by atoms with van der Waals surface area (Å²) in [6.45, 7) is 7.96. The lowest BCUT2D eigenvalue weighted by Gasteiger charge is -2.25. The fourth-order valence-electron chi connectivity index (χ4n) is 5.57. The number of allylic oxidation sites excluding steroid dienone is 4. The van der Waals surface area contributed by atoms with Crippen LogP contribution in [0.1, 0.15) is 78.4 Å². The maximum absolute atomic E-state index is 15.5. The smallest absolute Gasteiger partial charge is 0.131 e. The topological polar surface area (TPSA) is 40.0 Å². The number of rotatable bonds is 4. The zero-order valence-electron chi connectivity index (χ0n) is 20.5. The molecule has 0 aromatic heterocycles. The average molecular weight is 475 g/mol. The molecule has 2 fully saturated rings. The summed E-state index contributed by atoms with van der Waals surface area (Å²) in [7, 11) is 0. The van der Waals surface area contributed by atoms with Crippen molar-refractivity contribution >= 4 is 18.0 Å². The number of aryl methyl sites for hydroxylation is 1. The molecule has 0 saturated carbocycles. The number of halogens is 1. The van der Waals surface area contributed by atoms with Gasteiger partial charge in [-0.3, -0.25) is 4.99 Å². The van der Waals surface area contributed by atoms with Crippen LogP contribution in [0.5, 0.6) is 0 Å². The van der Waals surface area contributed by atoms with Crippen LogP contribution in [-0.2, 0) is 0 Å². The van der Waals surface area contributed by atoms with E-state index in [-0.39, 0.29) is 14.7 Å². The Kier molecular flexibility index (Phi) is 7.39. The van der Waals surface area contributed by atoms with Crippen LogP contribution in [0.4, 0.5) is 4.39 Å². The number of nitrogens with zero attached hydrogens (tertiary/aromatic N) is 3. The third kappa shape index (κ3) is 5.17. The van der Waals surface area contributed by atoms with Gasteiger partial charge < -0.3 is 5.32 Å². The highest BCUT2D eigenvalue weighted by Gasteiger charge is 2.32. The van der Waals surface area contributed by atoms with Crippen molar-refractivity contribution in [3.8, 4) is 0 Å². The minimum atomic E-state index is -0.229. The van der Waals surface area contributed by atoms with E-state index in [1.165, 1.54) is 19.3 Å². The minimum absolute atomic E-state index is 0. The molecule has 1 N–H and O–H groups in total. The van der Waals surface area contributed by atoms with E-state index in [2.05, 4.69) is 11.0 Å². The van der Waals surface area contributed by atoms with Gasteiger partial charge in [0, 0.05) is 48.7 Å². The van der Waals surface area contributed by atoms with Crippen molar-refractivity contribution in [3.05, 3.63) is 81.3 Å². The first-order chi connectivity index (χ1) is 16.4. The van der Waals surface area contributed by atoms with Gasteiger partial charge in [0.1, 0.15) is 11.5 Å². The van der Waals surface area contributed by atoms with Gasteiger partial charge in [0.15, 0.2) is 0 Å². The standard InChI is InChI=1S/C29H33FN4.CH4.H2/c1-5-31-27(21-7-8-23-9-10-24(14-21)32-23)16-25-19(3)12-22(15-26(25)30)28-13-20(4)29-11-6-18(2)17-34(29)33-28;;/h5-6,12-13,15-17,21,23-24,32H,7-10,14H2,1-4H3;1H4;1H/b27-16-,31-5?;;/t21?,23-,24?;;/m1../s1. The summed E-state index contributed by atoms with van der Waals surface area (Å²) >= 11 is 0. The van der Waals surface area contributed by atoms with Gasteiger partial charge in [-0.1, -0.05) is 13.2 Å². The molecular weight excluding hydrogens is 435 g/mol. The number of aliphatic imine (C=N–C) groups is 1. The summed E-state index contributed by atoms with van der Waals surface area (Å²) in [5, 5.41) is 10.3. The molecule has 0 spiro atoms. The van der Waals surface area contributed by atoms with Crippen molar-refractivity contribution in [2.24, 2.45) is 16.0 Å². The Balaban J connectivity index is 0.00000180. The van der Waals surface area contributed by atoms with Gasteiger partial charge in [0.2, 0.25) is 0 Å². The van der Waals surface area contributed by atoms with Crippen LogP contribution in [-0.4, -0.2) is 29.0 Å². The largest absolute Gasteiger partial charge is 0.311 e. The number of hydrogen-bond acceptors (Lipinski definition) is 4. The summed E-state index contributed by atoms with van der Waals surface area (Å²) in [4.78, 5) is 4.71. The van der Waals surface area contributed by atoms with E-state index in [0.29, 0.717) is 23.6 Å². The molecule has 1 aromatic rings. The summed E-state index contributed by atoms with van der Waals surface area (Å²) in [5.74, 6) is 0.130. The highest BCUT2D eigenvalue weighted by atomic mass is 19.1. The molecule has 0 aliphatic carbocycles. The molecule has 4 nitrogen and oxygen atoms in total. The quantitative estimate of drug-likeness (QED) is 0.368. The lowest BCUT2D eigenvalue weighted by Crippen LogP contribution is -2.27. The monoisotopic (exact) mass is 474 g/mol. The van der Waals surface area contributed by atoms with E-state index in [0.717, 1.165) is 52.2 Å². The van der Waals surface area contributed by atoms with E-state index < -0.39 is 0 Å². The maximum Gasteiger partial charge on any atom is 0.131 e. The molecule has 1 aromatic carbocycles. The SMILES string of the molecule is C.CC=N/C(=C\c1c(C)cc(C2=NN3C=C(C)C=C=C3C(C)=C2)cc1F)C1CC[C@@H]2CCC(C1)N2.[HH]. The Hall–Kier alpha value is -3.01. The van der Waals surface area contributed by atoms with E-state index >= 15 is 4.39 Å². The van der Waals surface area contributed by atoms with E-state index in [1.807, 2.05) is 69.4 Å². The van der Waals surface area contributed by atoms with E-state index in [4.69, 9.17) is 10.1 Å². The van der Waals surface area contributed by atoms with Crippen LogP contribution >= 0.6 is 0 Å². The Bertz CT molecular complexity index is 1210. The molecule has 0 amide bonds. The zero-order chi connectivity index (χ0) is 23.8. The Labute approximate surface area is 210 Å². The van der Waals surface area contributed by atoms with Crippen LogP contribution < -0.4 is 5.32 Å². The highest BCUT2D eigenvalue weighted by molar-refractivity contribution is 6.10. The predicted octanol–water partition coefficient (Wildman–Crippen LogP) is 7.29. The molecule has 2 bridgehead atoms. The van der Waals surface area contributed by atoms with Gasteiger partial charge in [-0.15, -0.1) is 0 Å². The number of nitrogens with one attached hydrogen (secondary N) is 1.